The van der Waals surface area contributed by atoms with E-state index in [4.69, 9.17) is 9.88 Å². The summed E-state index contributed by atoms with van der Waals surface area (Å²) in [6.07, 6.45) is 2.51. The number of aryl methyl sites for hydroxylation is 1. The quantitative estimate of drug-likeness (QED) is 0.249. The maximum absolute atomic E-state index is 11.5. The summed E-state index contributed by atoms with van der Waals surface area (Å²) in [5.74, 6) is 2.25. The number of aliphatic imine (C=N–C) groups is 1. The summed E-state index contributed by atoms with van der Waals surface area (Å²) in [4.78, 5) is 4.66. The molecule has 0 spiro atoms. The molecule has 0 saturated heterocycles. The zero-order chi connectivity index (χ0) is 21.6. The van der Waals surface area contributed by atoms with Crippen molar-refractivity contribution in [2.75, 3.05) is 13.2 Å². The van der Waals surface area contributed by atoms with Gasteiger partial charge in [-0.2, -0.15) is 0 Å². The number of hydrogen-bond acceptors (Lipinski definition) is 4. The van der Waals surface area contributed by atoms with E-state index in [9.17, 15) is 8.42 Å². The van der Waals surface area contributed by atoms with Crippen LogP contribution in [0.1, 0.15) is 36.5 Å². The van der Waals surface area contributed by atoms with Gasteiger partial charge in [0.15, 0.2) is 5.96 Å². The topological polar surface area (TPSA) is 106 Å². The smallest absolute Gasteiger partial charge is 0.238 e. The fraction of sp³-hybridized carbons (Fsp3) is 0.409. The summed E-state index contributed by atoms with van der Waals surface area (Å²) >= 11 is 0. The van der Waals surface area contributed by atoms with Crippen molar-refractivity contribution >= 4 is 40.0 Å². The van der Waals surface area contributed by atoms with E-state index in [1.54, 1.807) is 12.1 Å². The molecule has 0 atom stereocenters. The molecule has 3 rings (SSSR count). The Morgan fingerprint density at radius 1 is 1.19 bits per heavy atom. The average Bonchev–Trinajstić information content (AvgIpc) is 3.53. The van der Waals surface area contributed by atoms with E-state index in [0.717, 1.165) is 23.5 Å². The van der Waals surface area contributed by atoms with Gasteiger partial charge in [0, 0.05) is 18.7 Å². The van der Waals surface area contributed by atoms with Crippen molar-refractivity contribution < 1.29 is 13.2 Å². The zero-order valence-corrected chi connectivity index (χ0v) is 21.1. The highest BCUT2D eigenvalue weighted by molar-refractivity contribution is 14.0. The molecular weight excluding hydrogens is 527 g/mol. The number of sulfonamides is 1. The second-order valence-corrected chi connectivity index (χ2v) is 9.17. The lowest BCUT2D eigenvalue weighted by molar-refractivity contribution is 0.296. The number of ether oxygens (including phenoxy) is 1. The minimum absolute atomic E-state index is 0. The Morgan fingerprint density at radius 2 is 1.97 bits per heavy atom. The van der Waals surface area contributed by atoms with Crippen molar-refractivity contribution in [1.82, 2.24) is 10.6 Å². The van der Waals surface area contributed by atoms with Gasteiger partial charge in [0.05, 0.1) is 18.0 Å². The number of hydrogen-bond donors (Lipinski definition) is 3. The molecule has 31 heavy (non-hydrogen) atoms. The van der Waals surface area contributed by atoms with Crippen LogP contribution in [-0.4, -0.2) is 27.5 Å². The van der Waals surface area contributed by atoms with Crippen molar-refractivity contribution in [2.45, 2.75) is 44.7 Å². The van der Waals surface area contributed by atoms with Crippen LogP contribution in [0.15, 0.2) is 52.4 Å². The van der Waals surface area contributed by atoms with Gasteiger partial charge in [0.25, 0.3) is 0 Å². The number of nitrogens with one attached hydrogen (secondary N) is 2. The van der Waals surface area contributed by atoms with Gasteiger partial charge in [-0.15, -0.1) is 24.0 Å². The molecule has 0 radical (unpaired) electrons. The number of halogens is 1. The predicted molar refractivity (Wildman–Crippen MR) is 134 cm³/mol. The van der Waals surface area contributed by atoms with Crippen molar-refractivity contribution in [2.24, 2.45) is 16.0 Å². The van der Waals surface area contributed by atoms with Crippen molar-refractivity contribution in [3.05, 3.63) is 59.2 Å². The molecule has 2 aromatic carbocycles. The van der Waals surface area contributed by atoms with Crippen LogP contribution in [0.3, 0.4) is 0 Å². The maximum Gasteiger partial charge on any atom is 0.238 e. The number of benzene rings is 2. The fourth-order valence-electron chi connectivity index (χ4n) is 2.95. The Labute approximate surface area is 201 Å². The first kappa shape index (κ1) is 25.4. The van der Waals surface area contributed by atoms with Crippen LogP contribution < -0.4 is 20.5 Å². The van der Waals surface area contributed by atoms with Crippen molar-refractivity contribution in [3.8, 4) is 5.75 Å². The Bertz CT molecular complexity index is 1010. The highest BCUT2D eigenvalue weighted by Gasteiger charge is 2.22. The van der Waals surface area contributed by atoms with Gasteiger partial charge in [0.1, 0.15) is 5.75 Å². The molecule has 9 heteroatoms. The van der Waals surface area contributed by atoms with Crippen LogP contribution in [0.2, 0.25) is 0 Å². The molecule has 170 valence electrons. The van der Waals surface area contributed by atoms with Crippen molar-refractivity contribution in [1.29, 1.82) is 0 Å². The van der Waals surface area contributed by atoms with Crippen LogP contribution in [0.5, 0.6) is 5.75 Å². The molecule has 7 nitrogen and oxygen atoms in total. The van der Waals surface area contributed by atoms with Gasteiger partial charge in [0.2, 0.25) is 10.0 Å². The predicted octanol–water partition coefficient (Wildman–Crippen LogP) is 3.30. The third-order valence-corrected chi connectivity index (χ3v) is 5.74. The number of nitrogens with zero attached hydrogens (tertiary/aromatic N) is 1. The standard InChI is InChI=1S/C22H30N4O3S.HI/c1-3-24-22(25-13-18-5-4-6-20(12-18)30(23,27)28)26-14-19-10-7-16(2)11-21(19)29-15-17-8-9-17;/h4-7,10-12,17H,3,8-9,13-15H2,1-2H3,(H2,23,27,28)(H2,24,25,26);1H. The molecule has 1 aliphatic rings. The molecule has 0 aromatic heterocycles. The number of rotatable bonds is 9. The monoisotopic (exact) mass is 558 g/mol. The summed E-state index contributed by atoms with van der Waals surface area (Å²) < 4.78 is 29.1. The van der Waals surface area contributed by atoms with E-state index in [1.807, 2.05) is 13.0 Å². The molecule has 1 saturated carbocycles. The molecule has 1 aliphatic carbocycles. The first-order valence-electron chi connectivity index (χ1n) is 10.2. The van der Waals surface area contributed by atoms with Gasteiger partial charge in [-0.3, -0.25) is 0 Å². The molecule has 0 bridgehead atoms. The van der Waals surface area contributed by atoms with Gasteiger partial charge in [-0.25, -0.2) is 18.5 Å². The molecule has 2 aromatic rings. The molecule has 1 fully saturated rings. The minimum Gasteiger partial charge on any atom is -0.493 e. The fourth-order valence-corrected chi connectivity index (χ4v) is 3.53. The molecular formula is C22H31IN4O3S. The highest BCUT2D eigenvalue weighted by atomic mass is 127. The molecule has 0 aliphatic heterocycles. The first-order chi connectivity index (χ1) is 14.3. The average molecular weight is 558 g/mol. The Kier molecular flexibility index (Phi) is 9.57. The summed E-state index contributed by atoms with van der Waals surface area (Å²) in [5, 5.41) is 11.8. The lowest BCUT2D eigenvalue weighted by Gasteiger charge is -2.15. The lowest BCUT2D eigenvalue weighted by atomic mass is 10.1. The van der Waals surface area contributed by atoms with Crippen LogP contribution in [0.4, 0.5) is 0 Å². The molecule has 4 N–H and O–H groups in total. The number of guanidine groups is 1. The second kappa shape index (κ2) is 11.7. The van der Waals surface area contributed by atoms with E-state index < -0.39 is 10.0 Å². The van der Waals surface area contributed by atoms with E-state index >= 15 is 0 Å². The molecule has 0 unspecified atom stereocenters. The van der Waals surface area contributed by atoms with Gasteiger partial charge >= 0.3 is 0 Å². The number of primary sulfonamides is 1. The summed E-state index contributed by atoms with van der Waals surface area (Å²) in [6, 6.07) is 12.7. The highest BCUT2D eigenvalue weighted by Crippen LogP contribution is 2.30. The normalized spacial score (nSPS) is 14.0. The van der Waals surface area contributed by atoms with E-state index in [1.165, 1.54) is 24.5 Å². The maximum atomic E-state index is 11.5. The first-order valence-corrected chi connectivity index (χ1v) is 11.8. The summed E-state index contributed by atoms with van der Waals surface area (Å²) in [7, 11) is -3.73. The summed E-state index contributed by atoms with van der Waals surface area (Å²) in [5.41, 5.74) is 3.01. The second-order valence-electron chi connectivity index (χ2n) is 7.61. The van der Waals surface area contributed by atoms with E-state index in [0.29, 0.717) is 31.5 Å². The van der Waals surface area contributed by atoms with E-state index in [-0.39, 0.29) is 28.9 Å². The van der Waals surface area contributed by atoms with Crippen LogP contribution >= 0.6 is 24.0 Å². The van der Waals surface area contributed by atoms with Gasteiger partial charge < -0.3 is 15.4 Å². The lowest BCUT2D eigenvalue weighted by Crippen LogP contribution is -2.36. The largest absolute Gasteiger partial charge is 0.493 e. The number of nitrogens with two attached hydrogens (primary N) is 1. The van der Waals surface area contributed by atoms with Crippen LogP contribution in [0.25, 0.3) is 0 Å². The molecule has 0 heterocycles. The van der Waals surface area contributed by atoms with Gasteiger partial charge in [-0.1, -0.05) is 24.3 Å². The molecule has 0 amide bonds. The van der Waals surface area contributed by atoms with Gasteiger partial charge in [-0.05, 0) is 61.9 Å². The minimum atomic E-state index is -3.73. The Balaban J connectivity index is 0.00000341. The van der Waals surface area contributed by atoms with Crippen molar-refractivity contribution in [3.63, 3.8) is 0 Å². The zero-order valence-electron chi connectivity index (χ0n) is 17.9. The van der Waals surface area contributed by atoms with E-state index in [2.05, 4.69) is 40.7 Å². The third kappa shape index (κ3) is 8.30. The SMILES string of the molecule is CCNC(=NCc1cccc(S(N)(=O)=O)c1)NCc1ccc(C)cc1OCC1CC1.I. The van der Waals surface area contributed by atoms with Crippen LogP contribution in [0, 0.1) is 12.8 Å². The van der Waals surface area contributed by atoms with Crippen LogP contribution in [-0.2, 0) is 23.1 Å². The summed E-state index contributed by atoms with van der Waals surface area (Å²) in [6.45, 7) is 6.44. The Hall–Kier alpha value is -1.85. The Morgan fingerprint density at radius 3 is 2.65 bits per heavy atom. The third-order valence-electron chi connectivity index (χ3n) is 4.83.